The van der Waals surface area contributed by atoms with Gasteiger partial charge >= 0.3 is 0 Å². The summed E-state index contributed by atoms with van der Waals surface area (Å²) in [5.41, 5.74) is 0. The second-order valence-electron chi connectivity index (χ2n) is 5.27. The standard InChI is InChI=1S/C13H24N2O/c16-13(12-6-3-8-14-10-12)15-9-7-11-4-1-2-5-11/h11-12,14H,1-10H2,(H,15,16)/t12-/m0/s1. The smallest absolute Gasteiger partial charge is 0.224 e. The summed E-state index contributed by atoms with van der Waals surface area (Å²) >= 11 is 0. The van der Waals surface area contributed by atoms with E-state index in [0.717, 1.165) is 38.4 Å². The summed E-state index contributed by atoms with van der Waals surface area (Å²) in [4.78, 5) is 11.8. The van der Waals surface area contributed by atoms with Gasteiger partial charge in [-0.05, 0) is 31.7 Å². The number of piperidine rings is 1. The molecule has 1 saturated carbocycles. The minimum Gasteiger partial charge on any atom is -0.356 e. The van der Waals surface area contributed by atoms with E-state index in [0.29, 0.717) is 0 Å². The molecule has 3 nitrogen and oxygen atoms in total. The molecule has 0 aromatic heterocycles. The molecule has 0 unspecified atom stereocenters. The monoisotopic (exact) mass is 224 g/mol. The molecule has 16 heavy (non-hydrogen) atoms. The molecular weight excluding hydrogens is 200 g/mol. The van der Waals surface area contributed by atoms with E-state index in [1.165, 1.54) is 32.1 Å². The Kier molecular flexibility index (Phi) is 4.64. The highest BCUT2D eigenvalue weighted by atomic mass is 16.1. The van der Waals surface area contributed by atoms with Gasteiger partial charge in [-0.15, -0.1) is 0 Å². The van der Waals surface area contributed by atoms with E-state index in [1.54, 1.807) is 0 Å². The van der Waals surface area contributed by atoms with Gasteiger partial charge in [0, 0.05) is 13.1 Å². The first-order chi connectivity index (χ1) is 7.86. The predicted octanol–water partition coefficient (Wildman–Crippen LogP) is 1.68. The number of carbonyl (C=O) groups is 1. The van der Waals surface area contributed by atoms with Crippen LogP contribution in [0.3, 0.4) is 0 Å². The van der Waals surface area contributed by atoms with E-state index >= 15 is 0 Å². The number of hydrogen-bond acceptors (Lipinski definition) is 2. The van der Waals surface area contributed by atoms with Crippen molar-refractivity contribution in [3.63, 3.8) is 0 Å². The second kappa shape index (κ2) is 6.24. The molecule has 0 bridgehead atoms. The molecule has 92 valence electrons. The molecule has 0 radical (unpaired) electrons. The van der Waals surface area contributed by atoms with E-state index in [4.69, 9.17) is 0 Å². The molecule has 0 aromatic rings. The number of nitrogens with one attached hydrogen (secondary N) is 2. The van der Waals surface area contributed by atoms with Crippen molar-refractivity contribution in [3.05, 3.63) is 0 Å². The third-order valence-electron chi connectivity index (χ3n) is 3.99. The zero-order valence-electron chi connectivity index (χ0n) is 10.1. The molecular formula is C13H24N2O. The van der Waals surface area contributed by atoms with E-state index in [-0.39, 0.29) is 11.8 Å². The lowest BCUT2D eigenvalue weighted by atomic mass is 9.98. The second-order valence-corrected chi connectivity index (χ2v) is 5.27. The average Bonchev–Trinajstić information content (AvgIpc) is 2.83. The van der Waals surface area contributed by atoms with Crippen LogP contribution in [-0.2, 0) is 4.79 Å². The van der Waals surface area contributed by atoms with E-state index in [2.05, 4.69) is 10.6 Å². The van der Waals surface area contributed by atoms with Crippen molar-refractivity contribution in [2.24, 2.45) is 11.8 Å². The van der Waals surface area contributed by atoms with Crippen LogP contribution in [0.15, 0.2) is 0 Å². The molecule has 2 aliphatic rings. The van der Waals surface area contributed by atoms with Crippen molar-refractivity contribution >= 4 is 5.91 Å². The van der Waals surface area contributed by atoms with Crippen LogP contribution >= 0.6 is 0 Å². The first-order valence-electron chi connectivity index (χ1n) is 6.84. The summed E-state index contributed by atoms with van der Waals surface area (Å²) < 4.78 is 0. The largest absolute Gasteiger partial charge is 0.356 e. The van der Waals surface area contributed by atoms with Gasteiger partial charge in [-0.1, -0.05) is 25.7 Å². The van der Waals surface area contributed by atoms with Gasteiger partial charge < -0.3 is 10.6 Å². The summed E-state index contributed by atoms with van der Waals surface area (Å²) in [6.07, 6.45) is 8.92. The van der Waals surface area contributed by atoms with Gasteiger partial charge in [-0.2, -0.15) is 0 Å². The molecule has 0 aromatic carbocycles. The van der Waals surface area contributed by atoms with Crippen molar-refractivity contribution in [2.45, 2.75) is 44.9 Å². The van der Waals surface area contributed by atoms with Gasteiger partial charge in [-0.3, -0.25) is 4.79 Å². The Hall–Kier alpha value is -0.570. The summed E-state index contributed by atoms with van der Waals surface area (Å²) in [6.45, 7) is 2.83. The summed E-state index contributed by atoms with van der Waals surface area (Å²) in [6, 6.07) is 0. The molecule has 1 amide bonds. The lowest BCUT2D eigenvalue weighted by molar-refractivity contribution is -0.125. The molecule has 2 rings (SSSR count). The van der Waals surface area contributed by atoms with Crippen LogP contribution in [0.5, 0.6) is 0 Å². The Bertz CT molecular complexity index is 218. The molecule has 1 saturated heterocycles. The van der Waals surface area contributed by atoms with Gasteiger partial charge in [0.2, 0.25) is 5.91 Å². The zero-order valence-corrected chi connectivity index (χ0v) is 10.1. The zero-order chi connectivity index (χ0) is 11.2. The lowest BCUT2D eigenvalue weighted by Crippen LogP contribution is -2.41. The minimum absolute atomic E-state index is 0.220. The normalized spacial score (nSPS) is 26.9. The average molecular weight is 224 g/mol. The maximum absolute atomic E-state index is 11.8. The summed E-state index contributed by atoms with van der Waals surface area (Å²) in [5.74, 6) is 1.37. The fraction of sp³-hybridized carbons (Fsp3) is 0.923. The Labute approximate surface area is 98.4 Å². The fourth-order valence-corrected chi connectivity index (χ4v) is 2.92. The molecule has 2 fully saturated rings. The highest BCUT2D eigenvalue weighted by Crippen LogP contribution is 2.26. The van der Waals surface area contributed by atoms with Crippen molar-refractivity contribution in [1.82, 2.24) is 10.6 Å². The summed E-state index contributed by atoms with van der Waals surface area (Å²) in [5, 5.41) is 6.39. The van der Waals surface area contributed by atoms with Gasteiger partial charge in [0.05, 0.1) is 5.92 Å². The SMILES string of the molecule is O=C(NCCC1CCCC1)[C@H]1CCCNC1. The van der Waals surface area contributed by atoms with Crippen LogP contribution in [0.4, 0.5) is 0 Å². The Morgan fingerprint density at radius 3 is 2.69 bits per heavy atom. The van der Waals surface area contributed by atoms with Gasteiger partial charge in [0.25, 0.3) is 0 Å². The number of amides is 1. The van der Waals surface area contributed by atoms with Gasteiger partial charge in [0.1, 0.15) is 0 Å². The number of rotatable bonds is 4. The van der Waals surface area contributed by atoms with E-state index in [1.807, 2.05) is 0 Å². The van der Waals surface area contributed by atoms with Crippen molar-refractivity contribution in [3.8, 4) is 0 Å². The van der Waals surface area contributed by atoms with Crippen molar-refractivity contribution in [1.29, 1.82) is 0 Å². The van der Waals surface area contributed by atoms with Gasteiger partial charge in [-0.25, -0.2) is 0 Å². The maximum Gasteiger partial charge on any atom is 0.224 e. The Morgan fingerprint density at radius 1 is 1.19 bits per heavy atom. The van der Waals surface area contributed by atoms with Crippen molar-refractivity contribution < 1.29 is 4.79 Å². The highest BCUT2D eigenvalue weighted by Gasteiger charge is 2.21. The Balaban J connectivity index is 1.59. The van der Waals surface area contributed by atoms with Crippen LogP contribution in [0.1, 0.15) is 44.9 Å². The first-order valence-corrected chi connectivity index (χ1v) is 6.84. The van der Waals surface area contributed by atoms with Gasteiger partial charge in [0.15, 0.2) is 0 Å². The minimum atomic E-state index is 0.220. The molecule has 1 atom stereocenters. The first kappa shape index (κ1) is 11.9. The molecule has 3 heteroatoms. The van der Waals surface area contributed by atoms with Crippen LogP contribution in [0, 0.1) is 11.8 Å². The molecule has 1 aliphatic carbocycles. The molecule has 0 spiro atoms. The summed E-state index contributed by atoms with van der Waals surface area (Å²) in [7, 11) is 0. The maximum atomic E-state index is 11.8. The number of hydrogen-bond donors (Lipinski definition) is 2. The number of carbonyl (C=O) groups excluding carboxylic acids is 1. The van der Waals surface area contributed by atoms with Crippen LogP contribution in [0.25, 0.3) is 0 Å². The Morgan fingerprint density at radius 2 is 2.00 bits per heavy atom. The third kappa shape index (κ3) is 3.48. The van der Waals surface area contributed by atoms with Crippen LogP contribution in [-0.4, -0.2) is 25.5 Å². The third-order valence-corrected chi connectivity index (χ3v) is 3.99. The quantitative estimate of drug-likeness (QED) is 0.763. The lowest BCUT2D eigenvalue weighted by Gasteiger charge is -2.22. The van der Waals surface area contributed by atoms with Crippen molar-refractivity contribution in [2.75, 3.05) is 19.6 Å². The van der Waals surface area contributed by atoms with Crippen LogP contribution in [0.2, 0.25) is 0 Å². The topological polar surface area (TPSA) is 41.1 Å². The molecule has 1 aliphatic heterocycles. The molecule has 1 heterocycles. The van der Waals surface area contributed by atoms with E-state index in [9.17, 15) is 4.79 Å². The highest BCUT2D eigenvalue weighted by molar-refractivity contribution is 5.78. The fourth-order valence-electron chi connectivity index (χ4n) is 2.92. The van der Waals surface area contributed by atoms with Crippen LogP contribution < -0.4 is 10.6 Å². The molecule has 2 N–H and O–H groups in total. The predicted molar refractivity (Wildman–Crippen MR) is 65.2 cm³/mol. The van der Waals surface area contributed by atoms with E-state index < -0.39 is 0 Å².